The van der Waals surface area contributed by atoms with E-state index in [0.717, 1.165) is 31.2 Å². The predicted octanol–water partition coefficient (Wildman–Crippen LogP) is 3.69. The number of benzene rings is 1. The molecule has 2 aromatic heterocycles. The first kappa shape index (κ1) is 20.9. The summed E-state index contributed by atoms with van der Waals surface area (Å²) in [7, 11) is 0. The number of hydrogen-bond acceptors (Lipinski definition) is 4. The summed E-state index contributed by atoms with van der Waals surface area (Å²) in [5, 5.41) is 21.7. The van der Waals surface area contributed by atoms with Gasteiger partial charge in [-0.2, -0.15) is 0 Å². The number of amides is 1. The molecule has 1 amide bonds. The molecule has 0 saturated heterocycles. The minimum atomic E-state index is -0.873. The number of carbonyl (C=O) groups is 2. The number of carboxylic acids is 1. The number of pyridine rings is 1. The van der Waals surface area contributed by atoms with Gasteiger partial charge in [0.1, 0.15) is 17.1 Å². The smallest absolute Gasteiger partial charge is 0.303 e. The average molecular weight is 421 g/mol. The maximum atomic E-state index is 13.1. The van der Waals surface area contributed by atoms with E-state index >= 15 is 0 Å². The zero-order valence-electron chi connectivity index (χ0n) is 17.4. The van der Waals surface area contributed by atoms with Gasteiger partial charge in [0, 0.05) is 24.6 Å². The molecule has 1 aromatic carbocycles. The van der Waals surface area contributed by atoms with Gasteiger partial charge in [-0.3, -0.25) is 14.0 Å². The summed E-state index contributed by atoms with van der Waals surface area (Å²) in [6, 6.07) is 12.7. The first-order valence-corrected chi connectivity index (χ1v) is 10.7. The maximum absolute atomic E-state index is 13.1. The zero-order valence-corrected chi connectivity index (χ0v) is 17.4. The molecule has 1 fully saturated rings. The van der Waals surface area contributed by atoms with Gasteiger partial charge in [-0.25, -0.2) is 4.98 Å². The SMILES string of the molecule is O=C(O)CCc1cn2c(C(=O)NCC3(c4ccc(O)cc4)CCCCC3)cccc2n1. The van der Waals surface area contributed by atoms with Crippen LogP contribution in [0.3, 0.4) is 0 Å². The first-order chi connectivity index (χ1) is 15.0. The molecule has 3 aromatic rings. The van der Waals surface area contributed by atoms with Gasteiger partial charge in [0.25, 0.3) is 5.91 Å². The highest BCUT2D eigenvalue weighted by Gasteiger charge is 2.34. The molecule has 0 atom stereocenters. The molecule has 0 radical (unpaired) electrons. The summed E-state index contributed by atoms with van der Waals surface area (Å²) >= 11 is 0. The Bertz CT molecular complexity index is 1080. The number of phenolic OH excluding ortho intramolecular Hbond substituents is 1. The highest BCUT2D eigenvalue weighted by Crippen LogP contribution is 2.39. The third-order valence-corrected chi connectivity index (χ3v) is 6.25. The Hall–Kier alpha value is -3.35. The van der Waals surface area contributed by atoms with E-state index in [2.05, 4.69) is 10.3 Å². The Labute approximate surface area is 180 Å². The second kappa shape index (κ2) is 8.79. The fourth-order valence-corrected chi connectivity index (χ4v) is 4.55. The standard InChI is InChI=1S/C24H27N3O4/c28-19-10-7-17(8-11-19)24(13-2-1-3-14-24)16-25-23(31)20-5-4-6-21-26-18(15-27(20)21)9-12-22(29)30/h4-8,10-11,15,28H,1-3,9,12-14,16H2,(H,25,31)(H,29,30). The van der Waals surface area contributed by atoms with Crippen molar-refractivity contribution >= 4 is 17.5 Å². The molecule has 0 spiro atoms. The summed E-state index contributed by atoms with van der Waals surface area (Å²) in [5.41, 5.74) is 2.75. The van der Waals surface area contributed by atoms with Crippen molar-refractivity contribution in [1.29, 1.82) is 0 Å². The number of fused-ring (bicyclic) bond motifs is 1. The Balaban J connectivity index is 1.54. The van der Waals surface area contributed by atoms with Gasteiger partial charge in [-0.05, 0) is 42.7 Å². The lowest BCUT2D eigenvalue weighted by atomic mass is 9.69. The Morgan fingerprint density at radius 3 is 2.52 bits per heavy atom. The number of imidazole rings is 1. The number of hydrogen-bond donors (Lipinski definition) is 3. The monoisotopic (exact) mass is 421 g/mol. The van der Waals surface area contributed by atoms with Crippen LogP contribution in [0.2, 0.25) is 0 Å². The highest BCUT2D eigenvalue weighted by atomic mass is 16.4. The van der Waals surface area contributed by atoms with Crippen molar-refractivity contribution in [2.75, 3.05) is 6.54 Å². The average Bonchev–Trinajstić information content (AvgIpc) is 3.20. The molecule has 31 heavy (non-hydrogen) atoms. The number of aromatic hydroxyl groups is 1. The molecule has 0 bridgehead atoms. The van der Waals surface area contributed by atoms with E-state index in [1.807, 2.05) is 12.1 Å². The minimum absolute atomic E-state index is 0.000557. The molecule has 0 unspecified atom stereocenters. The van der Waals surface area contributed by atoms with Crippen LogP contribution in [-0.2, 0) is 16.6 Å². The highest BCUT2D eigenvalue weighted by molar-refractivity contribution is 5.93. The largest absolute Gasteiger partial charge is 0.508 e. The molecule has 1 saturated carbocycles. The zero-order chi connectivity index (χ0) is 21.8. The Kier molecular flexibility index (Phi) is 5.93. The fraction of sp³-hybridized carbons (Fsp3) is 0.375. The van der Waals surface area contributed by atoms with E-state index < -0.39 is 5.97 Å². The summed E-state index contributed by atoms with van der Waals surface area (Å²) in [5.74, 6) is -0.817. The molecule has 3 N–H and O–H groups in total. The summed E-state index contributed by atoms with van der Waals surface area (Å²) in [6.07, 6.45) is 7.47. The van der Waals surface area contributed by atoms with Crippen molar-refractivity contribution < 1.29 is 19.8 Å². The van der Waals surface area contributed by atoms with Gasteiger partial charge >= 0.3 is 5.97 Å². The molecule has 1 aliphatic carbocycles. The first-order valence-electron chi connectivity index (χ1n) is 10.7. The van der Waals surface area contributed by atoms with Gasteiger partial charge in [0.05, 0.1) is 12.1 Å². The normalized spacial score (nSPS) is 15.6. The number of carboxylic acid groups (broad SMARTS) is 1. The van der Waals surface area contributed by atoms with Crippen molar-refractivity contribution in [2.24, 2.45) is 0 Å². The van der Waals surface area contributed by atoms with Crippen LogP contribution in [0.4, 0.5) is 0 Å². The van der Waals surface area contributed by atoms with E-state index in [-0.39, 0.29) is 23.5 Å². The van der Waals surface area contributed by atoms with E-state index in [0.29, 0.717) is 30.0 Å². The van der Waals surface area contributed by atoms with Crippen LogP contribution in [-0.4, -0.2) is 38.0 Å². The van der Waals surface area contributed by atoms with Crippen LogP contribution in [0.5, 0.6) is 5.75 Å². The van der Waals surface area contributed by atoms with E-state index in [9.17, 15) is 14.7 Å². The number of phenols is 1. The number of aromatic nitrogens is 2. The molecule has 4 rings (SSSR count). The fourth-order valence-electron chi connectivity index (χ4n) is 4.55. The summed E-state index contributed by atoms with van der Waals surface area (Å²) in [6.45, 7) is 0.521. The second-order valence-electron chi connectivity index (χ2n) is 8.34. The second-order valence-corrected chi connectivity index (χ2v) is 8.34. The molecule has 7 nitrogen and oxygen atoms in total. The van der Waals surface area contributed by atoms with Gasteiger partial charge in [-0.1, -0.05) is 37.5 Å². The van der Waals surface area contributed by atoms with E-state index in [4.69, 9.17) is 5.11 Å². The van der Waals surface area contributed by atoms with Crippen LogP contribution in [0.25, 0.3) is 5.65 Å². The molecular weight excluding hydrogens is 394 g/mol. The number of rotatable bonds is 7. The van der Waals surface area contributed by atoms with Crippen LogP contribution in [0, 0.1) is 0 Å². The van der Waals surface area contributed by atoms with Crippen molar-refractivity contribution in [3.05, 3.63) is 65.6 Å². The molecule has 162 valence electrons. The third kappa shape index (κ3) is 4.55. The number of aliphatic carboxylic acids is 1. The van der Waals surface area contributed by atoms with Crippen LogP contribution < -0.4 is 5.32 Å². The molecule has 7 heteroatoms. The van der Waals surface area contributed by atoms with Gasteiger partial charge < -0.3 is 15.5 Å². The van der Waals surface area contributed by atoms with Crippen LogP contribution in [0.1, 0.15) is 60.3 Å². The topological polar surface area (TPSA) is 104 Å². The molecule has 0 aliphatic heterocycles. The van der Waals surface area contributed by atoms with Gasteiger partial charge in [0.2, 0.25) is 0 Å². The number of aryl methyl sites for hydroxylation is 1. The molecule has 1 aliphatic rings. The molecular formula is C24H27N3O4. The Morgan fingerprint density at radius 2 is 1.81 bits per heavy atom. The number of nitrogens with zero attached hydrogens (tertiary/aromatic N) is 2. The van der Waals surface area contributed by atoms with Crippen LogP contribution in [0.15, 0.2) is 48.7 Å². The van der Waals surface area contributed by atoms with Crippen molar-refractivity contribution in [3.8, 4) is 5.75 Å². The predicted molar refractivity (Wildman–Crippen MR) is 116 cm³/mol. The van der Waals surface area contributed by atoms with Crippen LogP contribution >= 0.6 is 0 Å². The van der Waals surface area contributed by atoms with Gasteiger partial charge in [-0.15, -0.1) is 0 Å². The van der Waals surface area contributed by atoms with Gasteiger partial charge in [0.15, 0.2) is 0 Å². The lowest BCUT2D eigenvalue weighted by Gasteiger charge is -2.38. The van der Waals surface area contributed by atoms with Crippen molar-refractivity contribution in [2.45, 2.75) is 50.4 Å². The quantitative estimate of drug-likeness (QED) is 0.540. The van der Waals surface area contributed by atoms with E-state index in [1.165, 1.54) is 6.42 Å². The third-order valence-electron chi connectivity index (χ3n) is 6.25. The summed E-state index contributed by atoms with van der Waals surface area (Å²) < 4.78 is 1.72. The Morgan fingerprint density at radius 1 is 1.06 bits per heavy atom. The lowest BCUT2D eigenvalue weighted by molar-refractivity contribution is -0.136. The minimum Gasteiger partial charge on any atom is -0.508 e. The summed E-state index contributed by atoms with van der Waals surface area (Å²) in [4.78, 5) is 28.4. The number of carbonyl (C=O) groups excluding carboxylic acids is 1. The van der Waals surface area contributed by atoms with Crippen molar-refractivity contribution in [1.82, 2.24) is 14.7 Å². The molecule has 2 heterocycles. The lowest BCUT2D eigenvalue weighted by Crippen LogP contribution is -2.42. The van der Waals surface area contributed by atoms with E-state index in [1.54, 1.807) is 40.9 Å². The maximum Gasteiger partial charge on any atom is 0.303 e. The van der Waals surface area contributed by atoms with Crippen molar-refractivity contribution in [3.63, 3.8) is 0 Å². The number of nitrogens with one attached hydrogen (secondary N) is 1.